The van der Waals surface area contributed by atoms with Gasteiger partial charge in [0.1, 0.15) is 12.5 Å². The molecule has 6 heteroatoms. The molecule has 12 heavy (non-hydrogen) atoms. The first-order valence-electron chi connectivity index (χ1n) is 2.98. The molecular formula is C6H2Cl2N2O2. The molecule has 0 atom stereocenters. The quantitative estimate of drug-likeness (QED) is 0.717. The first-order valence-corrected chi connectivity index (χ1v) is 3.74. The maximum Gasteiger partial charge on any atom is 0.285 e. The number of nitrogens with zero attached hydrogens (tertiary/aromatic N) is 2. The summed E-state index contributed by atoms with van der Waals surface area (Å²) in [5, 5.41) is 0.499. The summed E-state index contributed by atoms with van der Waals surface area (Å²) in [6.07, 6.45) is 2.57. The van der Waals surface area contributed by atoms with Gasteiger partial charge in [0, 0.05) is 0 Å². The Morgan fingerprint density at radius 1 is 0.917 bits per heavy atom. The molecule has 0 saturated carbocycles. The lowest BCUT2D eigenvalue weighted by Gasteiger charge is -1.81. The lowest BCUT2D eigenvalue weighted by Crippen LogP contribution is -1.74. The molecule has 0 aliphatic carbocycles. The number of hydrogen-bond acceptors (Lipinski definition) is 4. The summed E-state index contributed by atoms with van der Waals surface area (Å²) in [6.45, 7) is 0. The Morgan fingerprint density at radius 3 is 1.58 bits per heavy atom. The molecule has 0 aromatic carbocycles. The highest BCUT2D eigenvalue weighted by atomic mass is 35.5. The molecule has 62 valence electrons. The summed E-state index contributed by atoms with van der Waals surface area (Å²) in [6, 6.07) is 0. The summed E-state index contributed by atoms with van der Waals surface area (Å²) in [4.78, 5) is 7.56. The standard InChI is InChI=1S/C6H2Cl2N2O2/c7-3-1-11-5(9-3)6-10-4(8)2-12-6/h1-2H. The van der Waals surface area contributed by atoms with Gasteiger partial charge >= 0.3 is 0 Å². The zero-order chi connectivity index (χ0) is 8.55. The zero-order valence-electron chi connectivity index (χ0n) is 5.62. The summed E-state index contributed by atoms with van der Waals surface area (Å²) >= 11 is 11.0. The van der Waals surface area contributed by atoms with E-state index in [1.807, 2.05) is 0 Å². The molecular weight excluding hydrogens is 203 g/mol. The van der Waals surface area contributed by atoms with Crippen LogP contribution in [-0.4, -0.2) is 9.97 Å². The molecule has 0 bridgehead atoms. The number of aromatic nitrogens is 2. The molecule has 4 nitrogen and oxygen atoms in total. The average Bonchev–Trinajstić information content (AvgIpc) is 2.58. The molecule has 2 aromatic heterocycles. The van der Waals surface area contributed by atoms with Gasteiger partial charge in [-0.05, 0) is 0 Å². The van der Waals surface area contributed by atoms with Gasteiger partial charge < -0.3 is 8.83 Å². The predicted molar refractivity (Wildman–Crippen MR) is 42.0 cm³/mol. The van der Waals surface area contributed by atoms with Crippen molar-refractivity contribution in [3.63, 3.8) is 0 Å². The highest BCUT2D eigenvalue weighted by molar-refractivity contribution is 6.29. The van der Waals surface area contributed by atoms with E-state index in [4.69, 9.17) is 32.0 Å². The van der Waals surface area contributed by atoms with E-state index < -0.39 is 0 Å². The Labute approximate surface area is 77.1 Å². The minimum atomic E-state index is 0.215. The third-order valence-corrected chi connectivity index (χ3v) is 1.48. The summed E-state index contributed by atoms with van der Waals surface area (Å²) in [7, 11) is 0. The second kappa shape index (κ2) is 2.80. The van der Waals surface area contributed by atoms with Crippen LogP contribution in [0.1, 0.15) is 0 Å². The van der Waals surface area contributed by atoms with E-state index in [1.54, 1.807) is 0 Å². The number of hydrogen-bond donors (Lipinski definition) is 0. The number of oxazole rings is 2. The highest BCUT2D eigenvalue weighted by Crippen LogP contribution is 2.21. The monoisotopic (exact) mass is 204 g/mol. The molecule has 0 amide bonds. The van der Waals surface area contributed by atoms with Gasteiger partial charge in [0.2, 0.25) is 0 Å². The Hall–Kier alpha value is -1.00. The van der Waals surface area contributed by atoms with Gasteiger partial charge in [-0.2, -0.15) is 9.97 Å². The molecule has 2 aromatic rings. The van der Waals surface area contributed by atoms with Gasteiger partial charge in [0.25, 0.3) is 11.8 Å². The maximum absolute atomic E-state index is 5.51. The van der Waals surface area contributed by atoms with Gasteiger partial charge in [-0.3, -0.25) is 0 Å². The topological polar surface area (TPSA) is 52.1 Å². The van der Waals surface area contributed by atoms with Crippen LogP contribution in [0.3, 0.4) is 0 Å². The van der Waals surface area contributed by atoms with Crippen LogP contribution in [0.25, 0.3) is 11.8 Å². The van der Waals surface area contributed by atoms with E-state index in [2.05, 4.69) is 9.97 Å². The third-order valence-electron chi connectivity index (χ3n) is 1.14. The Kier molecular flexibility index (Phi) is 1.78. The Balaban J connectivity index is 2.43. The van der Waals surface area contributed by atoms with E-state index >= 15 is 0 Å². The molecule has 0 spiro atoms. The summed E-state index contributed by atoms with van der Waals surface area (Å²) in [5.41, 5.74) is 0. The molecule has 0 saturated heterocycles. The average molecular weight is 205 g/mol. The third kappa shape index (κ3) is 1.31. The van der Waals surface area contributed by atoms with Crippen molar-refractivity contribution in [3.8, 4) is 11.8 Å². The first-order chi connectivity index (χ1) is 5.75. The fraction of sp³-hybridized carbons (Fsp3) is 0. The second-order valence-electron chi connectivity index (χ2n) is 1.95. The summed E-state index contributed by atoms with van der Waals surface area (Å²) in [5.74, 6) is 0.429. The molecule has 0 aliphatic rings. The van der Waals surface area contributed by atoms with E-state index in [1.165, 1.54) is 12.5 Å². The van der Waals surface area contributed by atoms with Crippen molar-refractivity contribution < 1.29 is 8.83 Å². The van der Waals surface area contributed by atoms with Crippen molar-refractivity contribution in [1.29, 1.82) is 0 Å². The van der Waals surface area contributed by atoms with Crippen LogP contribution in [0, 0.1) is 0 Å². The zero-order valence-corrected chi connectivity index (χ0v) is 7.13. The lowest BCUT2D eigenvalue weighted by molar-refractivity contribution is 0.510. The predicted octanol–water partition coefficient (Wildman–Crippen LogP) is 2.64. The second-order valence-corrected chi connectivity index (χ2v) is 2.73. The van der Waals surface area contributed by atoms with Crippen LogP contribution in [0.2, 0.25) is 10.3 Å². The SMILES string of the molecule is Clc1coc(-c2nc(Cl)co2)n1. The van der Waals surface area contributed by atoms with Crippen LogP contribution in [0.5, 0.6) is 0 Å². The van der Waals surface area contributed by atoms with Crippen molar-refractivity contribution in [2.75, 3.05) is 0 Å². The van der Waals surface area contributed by atoms with Crippen LogP contribution in [-0.2, 0) is 0 Å². The molecule has 0 radical (unpaired) electrons. The summed E-state index contributed by atoms with van der Waals surface area (Å²) < 4.78 is 9.81. The fourth-order valence-electron chi connectivity index (χ4n) is 0.705. The molecule has 2 heterocycles. The van der Waals surface area contributed by atoms with Crippen molar-refractivity contribution >= 4 is 23.2 Å². The van der Waals surface area contributed by atoms with Crippen LogP contribution in [0.15, 0.2) is 21.4 Å². The van der Waals surface area contributed by atoms with Crippen molar-refractivity contribution in [2.24, 2.45) is 0 Å². The Bertz CT molecular complexity index is 357. The molecule has 0 aliphatic heterocycles. The molecule has 2 rings (SSSR count). The van der Waals surface area contributed by atoms with E-state index in [0.29, 0.717) is 0 Å². The van der Waals surface area contributed by atoms with Crippen molar-refractivity contribution in [1.82, 2.24) is 9.97 Å². The van der Waals surface area contributed by atoms with Crippen molar-refractivity contribution in [3.05, 3.63) is 22.8 Å². The minimum absolute atomic E-state index is 0.215. The number of halogens is 2. The van der Waals surface area contributed by atoms with Gasteiger partial charge in [-0.1, -0.05) is 23.2 Å². The molecule has 0 fully saturated rings. The molecule has 0 unspecified atom stereocenters. The smallest absolute Gasteiger partial charge is 0.285 e. The minimum Gasteiger partial charge on any atom is -0.439 e. The van der Waals surface area contributed by atoms with Crippen LogP contribution in [0.4, 0.5) is 0 Å². The molecule has 0 N–H and O–H groups in total. The van der Waals surface area contributed by atoms with Gasteiger partial charge in [0.15, 0.2) is 10.3 Å². The van der Waals surface area contributed by atoms with Crippen molar-refractivity contribution in [2.45, 2.75) is 0 Å². The van der Waals surface area contributed by atoms with Crippen LogP contribution >= 0.6 is 23.2 Å². The fourth-order valence-corrected chi connectivity index (χ4v) is 0.947. The van der Waals surface area contributed by atoms with Gasteiger partial charge in [0.05, 0.1) is 0 Å². The largest absolute Gasteiger partial charge is 0.439 e. The number of rotatable bonds is 1. The maximum atomic E-state index is 5.51. The van der Waals surface area contributed by atoms with Gasteiger partial charge in [-0.15, -0.1) is 0 Å². The normalized spacial score (nSPS) is 10.5. The van der Waals surface area contributed by atoms with Crippen LogP contribution < -0.4 is 0 Å². The first kappa shape index (κ1) is 7.64. The van der Waals surface area contributed by atoms with E-state index in [-0.39, 0.29) is 22.1 Å². The highest BCUT2D eigenvalue weighted by Gasteiger charge is 2.11. The van der Waals surface area contributed by atoms with E-state index in [9.17, 15) is 0 Å². The van der Waals surface area contributed by atoms with Gasteiger partial charge in [-0.25, -0.2) is 0 Å². The lowest BCUT2D eigenvalue weighted by atomic mass is 10.7. The Morgan fingerprint density at radius 2 is 1.33 bits per heavy atom. The van der Waals surface area contributed by atoms with E-state index in [0.717, 1.165) is 0 Å².